The molecule has 0 saturated carbocycles. The molecule has 0 unspecified atom stereocenters. The van der Waals surface area contributed by atoms with Gasteiger partial charge in [-0.2, -0.15) is 0 Å². The first-order chi connectivity index (χ1) is 9.27. The van der Waals surface area contributed by atoms with Crippen LogP contribution in [0.5, 0.6) is 0 Å². The average molecular weight is 266 g/mol. The predicted octanol–water partition coefficient (Wildman–Crippen LogP) is 5.19. The van der Waals surface area contributed by atoms with Crippen molar-refractivity contribution in [1.29, 1.82) is 0 Å². The standard InChI is InChI=1S/C17H30O2/c1-3-4-5-6-7-8-9-10-11-12-13-14-15-16-19-17(2)18/h6-9H,3-5,10-16H2,1-2H3. The molecule has 0 rings (SSSR count). The molecule has 0 aromatic carbocycles. The molecule has 2 heteroatoms. The molecule has 0 saturated heterocycles. The summed E-state index contributed by atoms with van der Waals surface area (Å²) >= 11 is 0. The Bertz CT molecular complexity index is 254. The van der Waals surface area contributed by atoms with E-state index in [2.05, 4.69) is 31.2 Å². The first-order valence-corrected chi connectivity index (χ1v) is 7.72. The van der Waals surface area contributed by atoms with Crippen LogP contribution in [0, 0.1) is 0 Å². The summed E-state index contributed by atoms with van der Waals surface area (Å²) in [5, 5.41) is 0. The molecule has 0 aliphatic heterocycles. The predicted molar refractivity (Wildman–Crippen MR) is 82.1 cm³/mol. The highest BCUT2D eigenvalue weighted by Gasteiger charge is 1.93. The minimum atomic E-state index is -0.169. The van der Waals surface area contributed by atoms with Crippen molar-refractivity contribution in [2.24, 2.45) is 0 Å². The van der Waals surface area contributed by atoms with E-state index in [1.165, 1.54) is 51.9 Å². The molecule has 19 heavy (non-hydrogen) atoms. The van der Waals surface area contributed by atoms with Crippen LogP contribution in [0.15, 0.2) is 24.3 Å². The number of ether oxygens (including phenoxy) is 1. The van der Waals surface area contributed by atoms with Crippen LogP contribution < -0.4 is 0 Å². The Kier molecular flexibility index (Phi) is 14.2. The van der Waals surface area contributed by atoms with Gasteiger partial charge in [0.15, 0.2) is 0 Å². The second-order valence-electron chi connectivity index (χ2n) is 4.90. The molecule has 2 nitrogen and oxygen atoms in total. The van der Waals surface area contributed by atoms with Gasteiger partial charge in [-0.05, 0) is 25.7 Å². The number of hydrogen-bond acceptors (Lipinski definition) is 2. The second kappa shape index (κ2) is 15.0. The highest BCUT2D eigenvalue weighted by atomic mass is 16.5. The van der Waals surface area contributed by atoms with Crippen LogP contribution in [0.3, 0.4) is 0 Å². The number of carbonyl (C=O) groups is 1. The lowest BCUT2D eigenvalue weighted by Crippen LogP contribution is -1.99. The van der Waals surface area contributed by atoms with Crippen molar-refractivity contribution in [2.75, 3.05) is 6.61 Å². The largest absolute Gasteiger partial charge is 0.466 e. The minimum absolute atomic E-state index is 0.169. The lowest BCUT2D eigenvalue weighted by atomic mass is 10.1. The Morgan fingerprint density at radius 1 is 0.895 bits per heavy atom. The van der Waals surface area contributed by atoms with Gasteiger partial charge in [0.05, 0.1) is 6.61 Å². The molecule has 0 aromatic rings. The van der Waals surface area contributed by atoms with E-state index in [1.807, 2.05) is 0 Å². The van der Waals surface area contributed by atoms with Crippen LogP contribution >= 0.6 is 0 Å². The van der Waals surface area contributed by atoms with Crippen molar-refractivity contribution in [3.63, 3.8) is 0 Å². The second-order valence-corrected chi connectivity index (χ2v) is 4.90. The monoisotopic (exact) mass is 266 g/mol. The maximum Gasteiger partial charge on any atom is 0.302 e. The molecule has 0 aliphatic carbocycles. The number of rotatable bonds is 12. The molecule has 110 valence electrons. The molecule has 0 heterocycles. The molecular formula is C17H30O2. The Morgan fingerprint density at radius 2 is 1.47 bits per heavy atom. The van der Waals surface area contributed by atoms with E-state index in [0.29, 0.717) is 6.61 Å². The van der Waals surface area contributed by atoms with Gasteiger partial charge in [0.2, 0.25) is 0 Å². The van der Waals surface area contributed by atoms with Crippen molar-refractivity contribution >= 4 is 5.97 Å². The maximum absolute atomic E-state index is 10.5. The van der Waals surface area contributed by atoms with Crippen LogP contribution in [0.25, 0.3) is 0 Å². The molecular weight excluding hydrogens is 236 g/mol. The van der Waals surface area contributed by atoms with E-state index < -0.39 is 0 Å². The quantitative estimate of drug-likeness (QED) is 0.276. The van der Waals surface area contributed by atoms with Gasteiger partial charge in [-0.25, -0.2) is 0 Å². The smallest absolute Gasteiger partial charge is 0.302 e. The van der Waals surface area contributed by atoms with Crippen molar-refractivity contribution < 1.29 is 9.53 Å². The van der Waals surface area contributed by atoms with Gasteiger partial charge >= 0.3 is 5.97 Å². The summed E-state index contributed by atoms with van der Waals surface area (Å²) in [6.07, 6.45) is 19.7. The number of esters is 1. The van der Waals surface area contributed by atoms with Gasteiger partial charge in [-0.3, -0.25) is 4.79 Å². The van der Waals surface area contributed by atoms with Gasteiger partial charge in [0.1, 0.15) is 0 Å². The number of hydrogen-bond donors (Lipinski definition) is 0. The van der Waals surface area contributed by atoms with Gasteiger partial charge in [-0.15, -0.1) is 0 Å². The van der Waals surface area contributed by atoms with E-state index in [-0.39, 0.29) is 5.97 Å². The Morgan fingerprint density at radius 3 is 2.11 bits per heavy atom. The fraction of sp³-hybridized carbons (Fsp3) is 0.706. The number of allylic oxidation sites excluding steroid dienone is 4. The van der Waals surface area contributed by atoms with Crippen molar-refractivity contribution in [2.45, 2.75) is 71.6 Å². The molecule has 0 bridgehead atoms. The summed E-state index contributed by atoms with van der Waals surface area (Å²) < 4.78 is 4.88. The Balaban J connectivity index is 3.15. The summed E-state index contributed by atoms with van der Waals surface area (Å²) in [4.78, 5) is 10.5. The van der Waals surface area contributed by atoms with Gasteiger partial charge in [0, 0.05) is 6.92 Å². The normalized spacial score (nSPS) is 11.5. The zero-order valence-electron chi connectivity index (χ0n) is 12.7. The van der Waals surface area contributed by atoms with Crippen molar-refractivity contribution in [1.82, 2.24) is 0 Å². The molecule has 0 spiro atoms. The lowest BCUT2D eigenvalue weighted by Gasteiger charge is -2.01. The fourth-order valence-electron chi connectivity index (χ4n) is 1.78. The zero-order chi connectivity index (χ0) is 14.2. The summed E-state index contributed by atoms with van der Waals surface area (Å²) in [5.41, 5.74) is 0. The van der Waals surface area contributed by atoms with E-state index in [4.69, 9.17) is 4.74 Å². The Hall–Kier alpha value is -1.05. The molecule has 0 amide bonds. The van der Waals surface area contributed by atoms with Crippen molar-refractivity contribution in [3.8, 4) is 0 Å². The molecule has 0 aromatic heterocycles. The van der Waals surface area contributed by atoms with Crippen LogP contribution in [-0.2, 0) is 9.53 Å². The van der Waals surface area contributed by atoms with Crippen LogP contribution in [-0.4, -0.2) is 12.6 Å². The highest BCUT2D eigenvalue weighted by Crippen LogP contribution is 2.06. The number of carbonyl (C=O) groups excluding carboxylic acids is 1. The van der Waals surface area contributed by atoms with Gasteiger partial charge in [0.25, 0.3) is 0 Å². The van der Waals surface area contributed by atoms with Gasteiger partial charge in [-0.1, -0.05) is 63.3 Å². The summed E-state index contributed by atoms with van der Waals surface area (Å²) in [6, 6.07) is 0. The molecule has 0 N–H and O–H groups in total. The first-order valence-electron chi connectivity index (χ1n) is 7.72. The van der Waals surface area contributed by atoms with Crippen LogP contribution in [0.4, 0.5) is 0 Å². The summed E-state index contributed by atoms with van der Waals surface area (Å²) in [7, 11) is 0. The SMILES string of the molecule is CCCCC=CC=CCCCCCCCOC(C)=O. The third-order valence-corrected chi connectivity index (χ3v) is 2.93. The molecule has 0 fully saturated rings. The fourth-order valence-corrected chi connectivity index (χ4v) is 1.78. The third-order valence-electron chi connectivity index (χ3n) is 2.93. The van der Waals surface area contributed by atoms with Gasteiger partial charge < -0.3 is 4.74 Å². The Labute approximate surface area is 118 Å². The maximum atomic E-state index is 10.5. The topological polar surface area (TPSA) is 26.3 Å². The van der Waals surface area contributed by atoms with Crippen LogP contribution in [0.2, 0.25) is 0 Å². The highest BCUT2D eigenvalue weighted by molar-refractivity contribution is 5.65. The minimum Gasteiger partial charge on any atom is -0.466 e. The third kappa shape index (κ3) is 16.9. The lowest BCUT2D eigenvalue weighted by molar-refractivity contribution is -0.141. The summed E-state index contributed by atoms with van der Waals surface area (Å²) in [6.45, 7) is 4.26. The van der Waals surface area contributed by atoms with Crippen LogP contribution in [0.1, 0.15) is 71.6 Å². The van der Waals surface area contributed by atoms with E-state index in [9.17, 15) is 4.79 Å². The van der Waals surface area contributed by atoms with Crippen molar-refractivity contribution in [3.05, 3.63) is 24.3 Å². The first kappa shape index (κ1) is 17.9. The van der Waals surface area contributed by atoms with E-state index in [0.717, 1.165) is 12.8 Å². The molecule has 0 atom stereocenters. The summed E-state index contributed by atoms with van der Waals surface area (Å²) in [5.74, 6) is -0.169. The average Bonchev–Trinajstić information content (AvgIpc) is 2.39. The van der Waals surface area contributed by atoms with E-state index in [1.54, 1.807) is 0 Å². The molecule has 0 aliphatic rings. The number of unbranched alkanes of at least 4 members (excludes halogenated alkanes) is 7. The molecule has 0 radical (unpaired) electrons. The zero-order valence-corrected chi connectivity index (χ0v) is 12.7. The van der Waals surface area contributed by atoms with E-state index >= 15 is 0 Å².